The fraction of sp³-hybridized carbons (Fsp3) is 0.316. The highest BCUT2D eigenvalue weighted by atomic mass is 32.2. The molecule has 0 bridgehead atoms. The summed E-state index contributed by atoms with van der Waals surface area (Å²) < 4.78 is 62.9. The number of nitriles is 1. The quantitative estimate of drug-likeness (QED) is 0.790. The third kappa shape index (κ3) is 4.24. The van der Waals surface area contributed by atoms with Gasteiger partial charge < -0.3 is 9.47 Å². The number of hydrogen-bond acceptors (Lipinski definition) is 5. The monoisotopic (exact) mass is 408 g/mol. The Morgan fingerprint density at radius 2 is 2.04 bits per heavy atom. The Balaban J connectivity index is 1.90. The Hall–Kier alpha value is -2.70. The SMILES string of the molecule is COc1cc(C#N)ccc1S(=O)(=O)NC1CCCc2cc(OC(F)F)ccc21. The van der Waals surface area contributed by atoms with E-state index in [4.69, 9.17) is 10.00 Å². The molecule has 2 aromatic rings. The summed E-state index contributed by atoms with van der Waals surface area (Å²) in [7, 11) is -2.61. The van der Waals surface area contributed by atoms with Crippen LogP contribution in [0, 0.1) is 11.3 Å². The zero-order valence-corrected chi connectivity index (χ0v) is 15.8. The largest absolute Gasteiger partial charge is 0.495 e. The predicted octanol–water partition coefficient (Wildman–Crippen LogP) is 3.52. The number of sulfonamides is 1. The molecular formula is C19H18F2N2O4S. The van der Waals surface area contributed by atoms with Crippen molar-refractivity contribution in [1.29, 1.82) is 5.26 Å². The molecular weight excluding hydrogens is 390 g/mol. The van der Waals surface area contributed by atoms with Gasteiger partial charge in [-0.15, -0.1) is 0 Å². The second kappa shape index (κ2) is 8.12. The van der Waals surface area contributed by atoms with E-state index in [1.54, 1.807) is 6.07 Å². The van der Waals surface area contributed by atoms with E-state index in [2.05, 4.69) is 9.46 Å². The van der Waals surface area contributed by atoms with E-state index in [9.17, 15) is 17.2 Å². The summed E-state index contributed by atoms with van der Waals surface area (Å²) in [4.78, 5) is -0.0706. The van der Waals surface area contributed by atoms with Gasteiger partial charge in [-0.05, 0) is 60.7 Å². The summed E-state index contributed by atoms with van der Waals surface area (Å²) >= 11 is 0. The first-order chi connectivity index (χ1) is 13.3. The van der Waals surface area contributed by atoms with Gasteiger partial charge in [-0.1, -0.05) is 6.07 Å². The Kier molecular flexibility index (Phi) is 5.82. The molecule has 1 aliphatic carbocycles. The van der Waals surface area contributed by atoms with Crippen LogP contribution >= 0.6 is 0 Å². The van der Waals surface area contributed by atoms with Gasteiger partial charge in [0.15, 0.2) is 0 Å². The molecule has 0 amide bonds. The molecule has 0 saturated heterocycles. The van der Waals surface area contributed by atoms with Crippen molar-refractivity contribution in [2.75, 3.05) is 7.11 Å². The van der Waals surface area contributed by atoms with Gasteiger partial charge >= 0.3 is 6.61 Å². The number of hydrogen-bond donors (Lipinski definition) is 1. The molecule has 148 valence electrons. The third-order valence-corrected chi connectivity index (χ3v) is 6.04. The molecule has 0 radical (unpaired) electrons. The van der Waals surface area contributed by atoms with Crippen LogP contribution in [-0.2, 0) is 16.4 Å². The number of methoxy groups -OCH3 is 1. The van der Waals surface area contributed by atoms with Crippen molar-refractivity contribution in [2.24, 2.45) is 0 Å². The summed E-state index contributed by atoms with van der Waals surface area (Å²) in [5, 5.41) is 8.97. The Labute approximate surface area is 161 Å². The number of nitrogens with zero attached hydrogens (tertiary/aromatic N) is 1. The normalized spacial score (nSPS) is 16.3. The Morgan fingerprint density at radius 3 is 2.71 bits per heavy atom. The van der Waals surface area contributed by atoms with E-state index in [-0.39, 0.29) is 22.0 Å². The van der Waals surface area contributed by atoms with Crippen molar-refractivity contribution in [1.82, 2.24) is 4.72 Å². The molecule has 0 saturated carbocycles. The zero-order valence-electron chi connectivity index (χ0n) is 15.0. The summed E-state index contributed by atoms with van der Waals surface area (Å²) in [6.07, 6.45) is 1.91. The van der Waals surface area contributed by atoms with Crippen LogP contribution in [0.2, 0.25) is 0 Å². The maximum absolute atomic E-state index is 12.9. The number of rotatable bonds is 6. The average molecular weight is 408 g/mol. The smallest absolute Gasteiger partial charge is 0.387 e. The number of nitrogens with one attached hydrogen (secondary N) is 1. The Morgan fingerprint density at radius 1 is 1.25 bits per heavy atom. The standard InChI is InChI=1S/C19H18F2N2O4S/c1-26-17-9-12(11-22)5-8-18(17)28(24,25)23-16-4-2-3-13-10-14(27-19(20)21)6-7-15(13)16/h5-10,16,19,23H,2-4H2,1H3. The van der Waals surface area contributed by atoms with E-state index < -0.39 is 22.7 Å². The predicted molar refractivity (Wildman–Crippen MR) is 96.8 cm³/mol. The number of benzene rings is 2. The summed E-state index contributed by atoms with van der Waals surface area (Å²) in [5.41, 5.74) is 1.78. The van der Waals surface area contributed by atoms with Crippen molar-refractivity contribution < 1.29 is 26.7 Å². The van der Waals surface area contributed by atoms with E-state index >= 15 is 0 Å². The van der Waals surface area contributed by atoms with Gasteiger partial charge in [-0.3, -0.25) is 0 Å². The molecule has 1 atom stereocenters. The van der Waals surface area contributed by atoms with Crippen molar-refractivity contribution in [3.05, 3.63) is 53.1 Å². The minimum Gasteiger partial charge on any atom is -0.495 e. The first-order valence-corrected chi connectivity index (χ1v) is 10.0. The van der Waals surface area contributed by atoms with Crippen molar-refractivity contribution in [3.63, 3.8) is 0 Å². The maximum Gasteiger partial charge on any atom is 0.387 e. The fourth-order valence-electron chi connectivity index (χ4n) is 3.30. The molecule has 0 spiro atoms. The number of aryl methyl sites for hydroxylation is 1. The van der Waals surface area contributed by atoms with Crippen LogP contribution in [0.1, 0.15) is 35.6 Å². The van der Waals surface area contributed by atoms with Gasteiger partial charge in [0.1, 0.15) is 16.4 Å². The molecule has 0 aromatic heterocycles. The molecule has 1 unspecified atom stereocenters. The van der Waals surface area contributed by atoms with E-state index in [0.717, 1.165) is 11.1 Å². The van der Waals surface area contributed by atoms with Crippen LogP contribution in [0.5, 0.6) is 11.5 Å². The van der Waals surface area contributed by atoms with Gasteiger partial charge in [0, 0.05) is 6.04 Å². The Bertz CT molecular complexity index is 1020. The van der Waals surface area contributed by atoms with E-state index in [1.165, 1.54) is 37.4 Å². The molecule has 1 aliphatic rings. The first-order valence-electron chi connectivity index (χ1n) is 8.52. The summed E-state index contributed by atoms with van der Waals surface area (Å²) in [6.45, 7) is -2.92. The van der Waals surface area contributed by atoms with Gasteiger partial charge in [-0.2, -0.15) is 14.0 Å². The molecule has 1 N–H and O–H groups in total. The average Bonchev–Trinajstić information content (AvgIpc) is 2.66. The van der Waals surface area contributed by atoms with Crippen LogP contribution < -0.4 is 14.2 Å². The summed E-state index contributed by atoms with van der Waals surface area (Å²) in [6, 6.07) is 10.0. The number of fused-ring (bicyclic) bond motifs is 1. The maximum atomic E-state index is 12.9. The van der Waals surface area contributed by atoms with Crippen molar-refractivity contribution in [3.8, 4) is 17.6 Å². The lowest BCUT2D eigenvalue weighted by Crippen LogP contribution is -2.31. The highest BCUT2D eigenvalue weighted by Crippen LogP contribution is 2.34. The molecule has 28 heavy (non-hydrogen) atoms. The second-order valence-electron chi connectivity index (χ2n) is 6.28. The molecule has 0 fully saturated rings. The lowest BCUT2D eigenvalue weighted by atomic mass is 9.88. The third-order valence-electron chi connectivity index (χ3n) is 4.53. The molecule has 9 heteroatoms. The van der Waals surface area contributed by atoms with Crippen LogP contribution in [-0.4, -0.2) is 22.1 Å². The lowest BCUT2D eigenvalue weighted by Gasteiger charge is -2.27. The minimum atomic E-state index is -3.94. The topological polar surface area (TPSA) is 88.4 Å². The number of halogens is 2. The number of alkyl halides is 2. The first kappa shape index (κ1) is 20.0. The molecule has 2 aromatic carbocycles. The highest BCUT2D eigenvalue weighted by Gasteiger charge is 2.28. The molecule has 6 nitrogen and oxygen atoms in total. The van der Waals surface area contributed by atoms with Crippen molar-refractivity contribution in [2.45, 2.75) is 36.8 Å². The van der Waals surface area contributed by atoms with E-state index in [0.29, 0.717) is 19.3 Å². The highest BCUT2D eigenvalue weighted by molar-refractivity contribution is 7.89. The van der Waals surface area contributed by atoms with Crippen LogP contribution in [0.15, 0.2) is 41.3 Å². The summed E-state index contributed by atoms with van der Waals surface area (Å²) in [5.74, 6) is 0.120. The minimum absolute atomic E-state index is 0.0472. The van der Waals surface area contributed by atoms with Crippen molar-refractivity contribution >= 4 is 10.0 Å². The van der Waals surface area contributed by atoms with Gasteiger partial charge in [0.2, 0.25) is 10.0 Å². The number of ether oxygens (including phenoxy) is 2. The zero-order chi connectivity index (χ0) is 20.3. The van der Waals surface area contributed by atoms with Crippen LogP contribution in [0.3, 0.4) is 0 Å². The lowest BCUT2D eigenvalue weighted by molar-refractivity contribution is -0.0499. The van der Waals surface area contributed by atoms with Gasteiger partial charge in [0.25, 0.3) is 0 Å². The second-order valence-corrected chi connectivity index (χ2v) is 7.97. The van der Waals surface area contributed by atoms with Crippen LogP contribution in [0.4, 0.5) is 8.78 Å². The molecule has 3 rings (SSSR count). The van der Waals surface area contributed by atoms with Gasteiger partial charge in [0.05, 0.1) is 18.7 Å². The van der Waals surface area contributed by atoms with Gasteiger partial charge in [-0.25, -0.2) is 13.1 Å². The molecule has 0 heterocycles. The fourth-order valence-corrected chi connectivity index (χ4v) is 4.70. The molecule has 0 aliphatic heterocycles. The van der Waals surface area contributed by atoms with Crippen LogP contribution in [0.25, 0.3) is 0 Å². The van der Waals surface area contributed by atoms with E-state index in [1.807, 2.05) is 6.07 Å².